The van der Waals surface area contributed by atoms with E-state index < -0.39 is 0 Å². The number of rotatable bonds is 5. The third-order valence-corrected chi connectivity index (χ3v) is 4.86. The average Bonchev–Trinajstić information content (AvgIpc) is 3.35. The van der Waals surface area contributed by atoms with E-state index in [4.69, 9.17) is 0 Å². The number of amides is 1. The molecule has 0 atom stereocenters. The van der Waals surface area contributed by atoms with Crippen LogP contribution in [-0.2, 0) is 4.79 Å². The molecule has 0 unspecified atom stereocenters. The van der Waals surface area contributed by atoms with Crippen molar-refractivity contribution in [1.29, 1.82) is 0 Å². The highest BCUT2D eigenvalue weighted by molar-refractivity contribution is 5.93. The fourth-order valence-corrected chi connectivity index (χ4v) is 3.43. The van der Waals surface area contributed by atoms with Crippen molar-refractivity contribution < 1.29 is 4.79 Å². The third kappa shape index (κ3) is 3.65. The molecule has 114 valence electrons. The summed E-state index contributed by atoms with van der Waals surface area (Å²) < 4.78 is 0. The van der Waals surface area contributed by atoms with Crippen LogP contribution in [0.25, 0.3) is 0 Å². The largest absolute Gasteiger partial charge is 0.313 e. The molecule has 0 bridgehead atoms. The maximum Gasteiger partial charge on any atom is 0.227 e. The lowest BCUT2D eigenvalue weighted by Crippen LogP contribution is -2.38. The number of hydrogen-bond donors (Lipinski definition) is 0. The summed E-state index contributed by atoms with van der Waals surface area (Å²) in [4.78, 5) is 17.1. The molecule has 2 fully saturated rings. The Morgan fingerprint density at radius 1 is 1.14 bits per heavy atom. The average molecular weight is 286 g/mol. The van der Waals surface area contributed by atoms with Crippen LogP contribution < -0.4 is 4.90 Å². The van der Waals surface area contributed by atoms with Crippen LogP contribution in [0.5, 0.6) is 0 Å². The maximum absolute atomic E-state index is 12.6. The van der Waals surface area contributed by atoms with Gasteiger partial charge in [-0.25, -0.2) is 0 Å². The second kappa shape index (κ2) is 6.61. The highest BCUT2D eigenvalue weighted by Crippen LogP contribution is 2.32. The van der Waals surface area contributed by atoms with E-state index in [1.54, 1.807) is 0 Å². The second-order valence-corrected chi connectivity index (χ2v) is 6.39. The fraction of sp³-hybridized carbons (Fsp3) is 0.611. The second-order valence-electron chi connectivity index (χ2n) is 6.39. The number of carbonyl (C=O) groups excluding carboxylic acids is 1. The van der Waals surface area contributed by atoms with E-state index in [2.05, 4.69) is 11.8 Å². The molecular formula is C18H26N2O. The summed E-state index contributed by atoms with van der Waals surface area (Å²) in [5, 5.41) is 0. The van der Waals surface area contributed by atoms with Gasteiger partial charge in [-0.1, -0.05) is 18.2 Å². The van der Waals surface area contributed by atoms with Crippen molar-refractivity contribution >= 4 is 11.6 Å². The minimum atomic E-state index is 0.286. The molecule has 21 heavy (non-hydrogen) atoms. The van der Waals surface area contributed by atoms with Crippen LogP contribution in [0.4, 0.5) is 5.69 Å². The number of benzene rings is 1. The molecular weight excluding hydrogens is 260 g/mol. The first-order valence-corrected chi connectivity index (χ1v) is 8.37. The molecule has 3 heteroatoms. The molecule has 1 saturated carbocycles. The molecule has 0 radical (unpaired) electrons. The van der Waals surface area contributed by atoms with Crippen LogP contribution in [0.2, 0.25) is 0 Å². The number of likely N-dealkylation sites (tertiary alicyclic amines) is 1. The first kappa shape index (κ1) is 14.6. The zero-order valence-corrected chi connectivity index (χ0v) is 13.0. The van der Waals surface area contributed by atoms with Gasteiger partial charge < -0.3 is 9.80 Å². The molecule has 1 saturated heterocycles. The van der Waals surface area contributed by atoms with Gasteiger partial charge >= 0.3 is 0 Å². The zero-order valence-electron chi connectivity index (χ0n) is 13.0. The van der Waals surface area contributed by atoms with Crippen molar-refractivity contribution in [3.05, 3.63) is 30.3 Å². The van der Waals surface area contributed by atoms with Crippen molar-refractivity contribution in [1.82, 2.24) is 4.90 Å². The van der Waals surface area contributed by atoms with E-state index in [1.165, 1.54) is 38.8 Å². The van der Waals surface area contributed by atoms with Gasteiger partial charge in [0, 0.05) is 24.7 Å². The van der Waals surface area contributed by atoms with Gasteiger partial charge in [0.2, 0.25) is 5.91 Å². The summed E-state index contributed by atoms with van der Waals surface area (Å²) in [5.74, 6) is 0.860. The zero-order chi connectivity index (χ0) is 14.7. The van der Waals surface area contributed by atoms with Gasteiger partial charge in [0.15, 0.2) is 0 Å². The Morgan fingerprint density at radius 2 is 1.81 bits per heavy atom. The Labute approximate surface area is 127 Å². The standard InChI is InChI=1S/C18H26N2O/c1-2-20(17-6-4-3-5-7-17)18(21)14-15-10-12-19(13-11-15)16-8-9-16/h3-7,15-16H,2,8-14H2,1H3. The van der Waals surface area contributed by atoms with Crippen LogP contribution in [0.15, 0.2) is 30.3 Å². The summed E-state index contributed by atoms with van der Waals surface area (Å²) in [6.45, 7) is 5.20. The molecule has 0 spiro atoms. The molecule has 1 aliphatic carbocycles. The van der Waals surface area contributed by atoms with Crippen molar-refractivity contribution in [2.24, 2.45) is 5.92 Å². The lowest BCUT2D eigenvalue weighted by atomic mass is 9.92. The van der Waals surface area contributed by atoms with Crippen LogP contribution in [-0.4, -0.2) is 36.5 Å². The number of carbonyl (C=O) groups is 1. The van der Waals surface area contributed by atoms with Crippen molar-refractivity contribution in [3.8, 4) is 0 Å². The molecule has 1 amide bonds. The molecule has 1 heterocycles. The van der Waals surface area contributed by atoms with E-state index in [-0.39, 0.29) is 5.91 Å². The number of piperidine rings is 1. The Balaban J connectivity index is 1.53. The quantitative estimate of drug-likeness (QED) is 0.829. The predicted octanol–water partition coefficient (Wildman–Crippen LogP) is 3.30. The monoisotopic (exact) mass is 286 g/mol. The van der Waals surface area contributed by atoms with Crippen molar-refractivity contribution in [3.63, 3.8) is 0 Å². The normalized spacial score (nSPS) is 20.4. The molecule has 1 aromatic rings. The predicted molar refractivity (Wildman–Crippen MR) is 86.4 cm³/mol. The molecule has 0 aromatic heterocycles. The minimum absolute atomic E-state index is 0.286. The number of hydrogen-bond acceptors (Lipinski definition) is 2. The Bertz CT molecular complexity index is 461. The summed E-state index contributed by atoms with van der Waals surface area (Å²) in [6, 6.07) is 10.9. The summed E-state index contributed by atoms with van der Waals surface area (Å²) >= 11 is 0. The Kier molecular flexibility index (Phi) is 4.59. The SMILES string of the molecule is CCN(C(=O)CC1CCN(C2CC2)CC1)c1ccccc1. The third-order valence-electron chi connectivity index (χ3n) is 4.86. The van der Waals surface area contributed by atoms with E-state index in [9.17, 15) is 4.79 Å². The van der Waals surface area contributed by atoms with E-state index in [0.717, 1.165) is 18.3 Å². The highest BCUT2D eigenvalue weighted by atomic mass is 16.2. The van der Waals surface area contributed by atoms with Gasteiger partial charge in [-0.2, -0.15) is 0 Å². The van der Waals surface area contributed by atoms with Crippen LogP contribution >= 0.6 is 0 Å². The van der Waals surface area contributed by atoms with Gasteiger partial charge in [0.05, 0.1) is 0 Å². The van der Waals surface area contributed by atoms with Crippen LogP contribution in [0.1, 0.15) is 39.0 Å². The number of para-hydroxylation sites is 1. The van der Waals surface area contributed by atoms with Gasteiger partial charge in [-0.05, 0) is 63.7 Å². The van der Waals surface area contributed by atoms with Crippen LogP contribution in [0, 0.1) is 5.92 Å². The fourth-order valence-electron chi connectivity index (χ4n) is 3.43. The first-order chi connectivity index (χ1) is 10.3. The van der Waals surface area contributed by atoms with Gasteiger partial charge in [0.25, 0.3) is 0 Å². The molecule has 3 rings (SSSR count). The minimum Gasteiger partial charge on any atom is -0.313 e. The molecule has 3 nitrogen and oxygen atoms in total. The van der Waals surface area contributed by atoms with Crippen molar-refractivity contribution in [2.75, 3.05) is 24.5 Å². The highest BCUT2D eigenvalue weighted by Gasteiger charge is 2.32. The lowest BCUT2D eigenvalue weighted by Gasteiger charge is -2.32. The van der Waals surface area contributed by atoms with E-state index in [0.29, 0.717) is 12.3 Å². The van der Waals surface area contributed by atoms with E-state index >= 15 is 0 Å². The topological polar surface area (TPSA) is 23.6 Å². The maximum atomic E-state index is 12.6. The Hall–Kier alpha value is -1.35. The van der Waals surface area contributed by atoms with Gasteiger partial charge in [0.1, 0.15) is 0 Å². The summed E-state index contributed by atoms with van der Waals surface area (Å²) in [7, 11) is 0. The number of anilines is 1. The molecule has 1 aromatic carbocycles. The van der Waals surface area contributed by atoms with E-state index in [1.807, 2.05) is 35.2 Å². The molecule has 0 N–H and O–H groups in total. The first-order valence-electron chi connectivity index (χ1n) is 8.37. The lowest BCUT2D eigenvalue weighted by molar-refractivity contribution is -0.119. The number of nitrogens with zero attached hydrogens (tertiary/aromatic N) is 2. The van der Waals surface area contributed by atoms with Gasteiger partial charge in [-0.15, -0.1) is 0 Å². The van der Waals surface area contributed by atoms with Crippen molar-refractivity contribution in [2.45, 2.75) is 45.1 Å². The molecule has 1 aliphatic heterocycles. The Morgan fingerprint density at radius 3 is 2.38 bits per heavy atom. The summed E-state index contributed by atoms with van der Waals surface area (Å²) in [5.41, 5.74) is 1.03. The molecule has 2 aliphatic rings. The smallest absolute Gasteiger partial charge is 0.227 e. The van der Waals surface area contributed by atoms with Gasteiger partial charge in [-0.3, -0.25) is 4.79 Å². The summed E-state index contributed by atoms with van der Waals surface area (Å²) in [6.07, 6.45) is 5.87. The van der Waals surface area contributed by atoms with Crippen LogP contribution in [0.3, 0.4) is 0 Å².